The number of ether oxygens (including phenoxy) is 1. The fourth-order valence-electron chi connectivity index (χ4n) is 5.29. The molecular formula is C24H28N4O3. The van der Waals surface area contributed by atoms with Gasteiger partial charge in [0.1, 0.15) is 5.60 Å². The number of aryl methyl sites for hydroxylation is 2. The highest BCUT2D eigenvalue weighted by atomic mass is 16.5. The summed E-state index contributed by atoms with van der Waals surface area (Å²) in [7, 11) is 1.79. The molecule has 31 heavy (non-hydrogen) atoms. The van der Waals surface area contributed by atoms with Crippen LogP contribution in [0.5, 0.6) is 0 Å². The molecule has 1 spiro atoms. The van der Waals surface area contributed by atoms with E-state index in [0.29, 0.717) is 19.6 Å². The molecule has 3 aliphatic rings. The molecule has 0 aliphatic carbocycles. The van der Waals surface area contributed by atoms with Crippen LogP contribution in [0, 0.1) is 18.8 Å². The van der Waals surface area contributed by atoms with Crippen LogP contribution in [0.3, 0.4) is 0 Å². The minimum absolute atomic E-state index is 0.0129. The number of hydrogen-bond acceptors (Lipinski definition) is 4. The van der Waals surface area contributed by atoms with Gasteiger partial charge in [-0.3, -0.25) is 14.3 Å². The van der Waals surface area contributed by atoms with E-state index < -0.39 is 17.4 Å². The second-order valence-corrected chi connectivity index (χ2v) is 8.98. The molecule has 3 aliphatic heterocycles. The highest BCUT2D eigenvalue weighted by molar-refractivity contribution is 5.93. The molecule has 0 N–H and O–H groups in total. The van der Waals surface area contributed by atoms with Gasteiger partial charge < -0.3 is 14.5 Å². The summed E-state index contributed by atoms with van der Waals surface area (Å²) in [5, 5.41) is 4.28. The normalized spacial score (nSPS) is 28.4. The van der Waals surface area contributed by atoms with E-state index in [1.165, 1.54) is 5.56 Å². The molecule has 1 aromatic carbocycles. The number of aromatic nitrogens is 2. The molecule has 1 aromatic heterocycles. The summed E-state index contributed by atoms with van der Waals surface area (Å²) in [5.41, 5.74) is 2.56. The molecule has 7 heteroatoms. The molecule has 0 unspecified atom stereocenters. The van der Waals surface area contributed by atoms with Crippen LogP contribution in [-0.2, 0) is 34.0 Å². The van der Waals surface area contributed by atoms with Crippen LogP contribution in [0.25, 0.3) is 0 Å². The molecule has 7 nitrogen and oxygen atoms in total. The van der Waals surface area contributed by atoms with Gasteiger partial charge in [0, 0.05) is 38.4 Å². The van der Waals surface area contributed by atoms with Crippen LogP contribution < -0.4 is 0 Å². The van der Waals surface area contributed by atoms with Crippen molar-refractivity contribution in [3.8, 4) is 0 Å². The van der Waals surface area contributed by atoms with Gasteiger partial charge >= 0.3 is 0 Å². The summed E-state index contributed by atoms with van der Waals surface area (Å²) in [6.07, 6.45) is 7.38. The third kappa shape index (κ3) is 3.28. The zero-order chi connectivity index (χ0) is 21.8. The number of likely N-dealkylation sites (tertiary alicyclic amines) is 1. The average molecular weight is 421 g/mol. The van der Waals surface area contributed by atoms with Crippen molar-refractivity contribution in [1.29, 1.82) is 0 Å². The average Bonchev–Trinajstić information content (AvgIpc) is 3.49. The smallest absolute Gasteiger partial charge is 0.230 e. The Hall–Kier alpha value is -2.93. The van der Waals surface area contributed by atoms with Gasteiger partial charge in [-0.25, -0.2) is 0 Å². The molecule has 2 aromatic rings. The molecule has 5 rings (SSSR count). The van der Waals surface area contributed by atoms with Crippen LogP contribution in [0.1, 0.15) is 23.6 Å². The number of carbonyl (C=O) groups is 2. The molecule has 2 fully saturated rings. The third-order valence-corrected chi connectivity index (χ3v) is 6.73. The maximum Gasteiger partial charge on any atom is 0.230 e. The SMILES string of the molecule is CCn1cc(CN(C)C(=O)[C@H]2[C@@H]3C=C[C@@]4(CN(Cc5cccc(C)c5)C(=O)[C@@H]24)O3)cn1. The van der Waals surface area contributed by atoms with E-state index in [-0.39, 0.29) is 17.9 Å². The van der Waals surface area contributed by atoms with Crippen molar-refractivity contribution < 1.29 is 14.3 Å². The lowest BCUT2D eigenvalue weighted by Gasteiger charge is -2.27. The first-order valence-corrected chi connectivity index (χ1v) is 10.9. The van der Waals surface area contributed by atoms with E-state index >= 15 is 0 Å². The van der Waals surface area contributed by atoms with Crippen molar-refractivity contribution in [2.75, 3.05) is 13.6 Å². The van der Waals surface area contributed by atoms with Gasteiger partial charge in [0.05, 0.1) is 30.7 Å². The lowest BCUT2D eigenvalue weighted by molar-refractivity contribution is -0.142. The zero-order valence-electron chi connectivity index (χ0n) is 18.2. The zero-order valence-corrected chi connectivity index (χ0v) is 18.2. The van der Waals surface area contributed by atoms with Crippen molar-refractivity contribution >= 4 is 11.8 Å². The summed E-state index contributed by atoms with van der Waals surface area (Å²) in [5.74, 6) is -0.970. The van der Waals surface area contributed by atoms with Gasteiger partial charge in [0.2, 0.25) is 11.8 Å². The van der Waals surface area contributed by atoms with E-state index in [1.807, 2.05) is 60.0 Å². The van der Waals surface area contributed by atoms with Crippen LogP contribution in [-0.4, -0.2) is 56.7 Å². The van der Waals surface area contributed by atoms with Crippen molar-refractivity contribution in [1.82, 2.24) is 19.6 Å². The van der Waals surface area contributed by atoms with Gasteiger partial charge in [-0.15, -0.1) is 0 Å². The van der Waals surface area contributed by atoms with E-state index in [2.05, 4.69) is 11.2 Å². The number of amides is 2. The van der Waals surface area contributed by atoms with Crippen LogP contribution in [0.15, 0.2) is 48.8 Å². The Morgan fingerprint density at radius 1 is 1.35 bits per heavy atom. The van der Waals surface area contributed by atoms with Crippen LogP contribution in [0.2, 0.25) is 0 Å². The fraction of sp³-hybridized carbons (Fsp3) is 0.458. The molecule has 0 saturated carbocycles. The van der Waals surface area contributed by atoms with Gasteiger partial charge in [0.25, 0.3) is 0 Å². The summed E-state index contributed by atoms with van der Waals surface area (Å²) in [6.45, 7) is 6.36. The Morgan fingerprint density at radius 2 is 2.19 bits per heavy atom. The second-order valence-electron chi connectivity index (χ2n) is 8.98. The van der Waals surface area contributed by atoms with E-state index in [1.54, 1.807) is 18.1 Å². The lowest BCUT2D eigenvalue weighted by Crippen LogP contribution is -2.44. The van der Waals surface area contributed by atoms with Gasteiger partial charge in [-0.05, 0) is 19.4 Å². The maximum atomic E-state index is 13.4. The summed E-state index contributed by atoms with van der Waals surface area (Å²) < 4.78 is 8.11. The van der Waals surface area contributed by atoms with Crippen LogP contribution in [0.4, 0.5) is 0 Å². The summed E-state index contributed by atoms with van der Waals surface area (Å²) >= 11 is 0. The minimum atomic E-state index is -0.681. The number of rotatable bonds is 6. The molecule has 2 bridgehead atoms. The number of benzene rings is 1. The monoisotopic (exact) mass is 420 g/mol. The summed E-state index contributed by atoms with van der Waals surface area (Å²) in [4.78, 5) is 30.4. The molecule has 4 heterocycles. The number of fused-ring (bicyclic) bond motifs is 1. The maximum absolute atomic E-state index is 13.4. The summed E-state index contributed by atoms with van der Waals surface area (Å²) in [6, 6.07) is 8.19. The molecule has 2 saturated heterocycles. The molecular weight excluding hydrogens is 392 g/mol. The Balaban J connectivity index is 1.34. The molecule has 2 amide bonds. The molecule has 4 atom stereocenters. The largest absolute Gasteiger partial charge is 0.360 e. The van der Waals surface area contributed by atoms with E-state index in [9.17, 15) is 9.59 Å². The highest BCUT2D eigenvalue weighted by Crippen LogP contribution is 2.52. The number of hydrogen-bond donors (Lipinski definition) is 0. The quantitative estimate of drug-likeness (QED) is 0.672. The van der Waals surface area contributed by atoms with Crippen molar-refractivity contribution in [3.05, 3.63) is 65.5 Å². The first kappa shape index (κ1) is 20.0. The standard InChI is InChI=1S/C24H28N4O3/c1-4-28-14-18(11-25-28)12-26(3)22(29)20-19-8-9-24(31-19)15-27(23(30)21(20)24)13-17-7-5-6-16(2)10-17/h5-11,14,19-21H,4,12-13,15H2,1-3H3/t19-,20-,21+,24-/m0/s1. The van der Waals surface area contributed by atoms with Gasteiger partial charge in [-0.2, -0.15) is 5.10 Å². The minimum Gasteiger partial charge on any atom is -0.360 e. The van der Waals surface area contributed by atoms with Crippen molar-refractivity contribution in [2.24, 2.45) is 11.8 Å². The second kappa shape index (κ2) is 7.34. The number of nitrogens with zero attached hydrogens (tertiary/aromatic N) is 4. The lowest BCUT2D eigenvalue weighted by atomic mass is 9.76. The van der Waals surface area contributed by atoms with E-state index in [0.717, 1.165) is 17.7 Å². The predicted molar refractivity (Wildman–Crippen MR) is 115 cm³/mol. The number of carbonyl (C=O) groups excluding carboxylic acids is 2. The molecule has 162 valence electrons. The highest BCUT2D eigenvalue weighted by Gasteiger charge is 2.67. The van der Waals surface area contributed by atoms with Gasteiger partial charge in [0.15, 0.2) is 0 Å². The van der Waals surface area contributed by atoms with Gasteiger partial charge in [-0.1, -0.05) is 42.0 Å². The Morgan fingerprint density at radius 3 is 2.94 bits per heavy atom. The Labute approximate surface area is 182 Å². The molecule has 0 radical (unpaired) electrons. The van der Waals surface area contributed by atoms with E-state index in [4.69, 9.17) is 4.74 Å². The first-order chi connectivity index (χ1) is 14.9. The predicted octanol–water partition coefficient (Wildman–Crippen LogP) is 2.15. The van der Waals surface area contributed by atoms with Crippen molar-refractivity contribution in [2.45, 2.75) is 45.2 Å². The third-order valence-electron chi connectivity index (χ3n) is 6.73. The van der Waals surface area contributed by atoms with Crippen molar-refractivity contribution in [3.63, 3.8) is 0 Å². The first-order valence-electron chi connectivity index (χ1n) is 10.9. The Kier molecular flexibility index (Phi) is 4.73. The Bertz CT molecular complexity index is 1060. The topological polar surface area (TPSA) is 67.7 Å². The fourth-order valence-corrected chi connectivity index (χ4v) is 5.29. The van der Waals surface area contributed by atoms with Crippen LogP contribution >= 0.6 is 0 Å².